The summed E-state index contributed by atoms with van der Waals surface area (Å²) >= 11 is 0. The summed E-state index contributed by atoms with van der Waals surface area (Å²) in [5.41, 5.74) is 5.70. The van der Waals surface area contributed by atoms with Crippen molar-refractivity contribution >= 4 is 23.1 Å². The van der Waals surface area contributed by atoms with Crippen molar-refractivity contribution in [2.24, 2.45) is 0 Å². The Morgan fingerprint density at radius 1 is 1.29 bits per heavy atom. The van der Waals surface area contributed by atoms with E-state index in [1.807, 2.05) is 13.0 Å². The van der Waals surface area contributed by atoms with Crippen LogP contribution in [0.3, 0.4) is 0 Å². The van der Waals surface area contributed by atoms with Gasteiger partial charge in [0, 0.05) is 48.4 Å². The number of carbonyl (C=O) groups excluding carboxylic acids is 2. The molecule has 0 spiro atoms. The molecule has 0 bridgehead atoms. The van der Waals surface area contributed by atoms with E-state index in [2.05, 4.69) is 5.32 Å². The molecule has 2 unspecified atom stereocenters. The average molecular weight is 564 g/mol. The molecule has 10 heteroatoms. The molecule has 2 aliphatic heterocycles. The molecule has 1 amide bonds. The Labute approximate surface area is 237 Å². The third-order valence-electron chi connectivity index (χ3n) is 8.70. The molecule has 3 aliphatic rings. The fourth-order valence-electron chi connectivity index (χ4n) is 6.61. The Kier molecular flexibility index (Phi) is 7.48. The van der Waals surface area contributed by atoms with Gasteiger partial charge >= 0.3 is 0 Å². The van der Waals surface area contributed by atoms with Gasteiger partial charge in [0.1, 0.15) is 12.1 Å². The summed E-state index contributed by atoms with van der Waals surface area (Å²) in [6.45, 7) is 5.08. The lowest BCUT2D eigenvalue weighted by atomic mass is 9.81. The Bertz CT molecular complexity index is 1610. The smallest absolute Gasteiger partial charge is 0.257 e. The first-order valence-electron chi connectivity index (χ1n) is 14.2. The molecule has 1 N–H and O–H groups in total. The number of rotatable bonds is 9. The number of nitrogens with zero attached hydrogens (tertiary/aromatic N) is 2. The predicted octanol–water partition coefficient (Wildman–Crippen LogP) is 3.97. The molecule has 6 rings (SSSR count). The number of fused-ring (bicyclic) bond motifs is 4. The predicted molar refractivity (Wildman–Crippen MR) is 149 cm³/mol. The molecule has 1 saturated heterocycles. The van der Waals surface area contributed by atoms with Crippen molar-refractivity contribution in [3.63, 3.8) is 0 Å². The van der Waals surface area contributed by atoms with Crippen LogP contribution in [0.5, 0.6) is 0 Å². The second kappa shape index (κ2) is 11.1. The van der Waals surface area contributed by atoms with Gasteiger partial charge in [-0.05, 0) is 54.5 Å². The fraction of sp³-hybridized carbons (Fsp3) is 0.484. The molecule has 1 aliphatic carbocycles. The summed E-state index contributed by atoms with van der Waals surface area (Å²) in [4.78, 5) is 43.8. The van der Waals surface area contributed by atoms with Crippen molar-refractivity contribution in [2.75, 3.05) is 20.3 Å². The summed E-state index contributed by atoms with van der Waals surface area (Å²) in [5, 5.41) is 4.05. The van der Waals surface area contributed by atoms with Crippen molar-refractivity contribution in [3.05, 3.63) is 61.7 Å². The van der Waals surface area contributed by atoms with Gasteiger partial charge in [-0.3, -0.25) is 9.59 Å². The Hall–Kier alpha value is -3.47. The number of carbonyl (C=O) groups is 2. The number of aromatic nitrogens is 2. The molecule has 2 atom stereocenters. The zero-order valence-corrected chi connectivity index (χ0v) is 23.5. The first kappa shape index (κ1) is 27.7. The number of amides is 1. The summed E-state index contributed by atoms with van der Waals surface area (Å²) in [6, 6.07) is 2.97. The fourth-order valence-corrected chi connectivity index (χ4v) is 6.61. The Morgan fingerprint density at radius 2 is 2.07 bits per heavy atom. The minimum absolute atomic E-state index is 0.0824. The number of methoxy groups -OCH3 is 1. The van der Waals surface area contributed by atoms with Crippen molar-refractivity contribution < 1.29 is 28.2 Å². The van der Waals surface area contributed by atoms with E-state index in [1.54, 1.807) is 11.5 Å². The van der Waals surface area contributed by atoms with E-state index in [9.17, 15) is 14.4 Å². The number of aldehydes is 1. The first-order valence-corrected chi connectivity index (χ1v) is 14.2. The molecular formula is C31H34FN3O6. The van der Waals surface area contributed by atoms with E-state index in [4.69, 9.17) is 19.2 Å². The van der Waals surface area contributed by atoms with Gasteiger partial charge in [-0.15, -0.1) is 0 Å². The Balaban J connectivity index is 1.49. The highest BCUT2D eigenvalue weighted by Crippen LogP contribution is 2.45. The molecule has 216 valence electrons. The standard InChI is InChI=1S/C31H34FN3O6/c1-4-17(14-36)19-11-25-30-20(13-35(25)31(38)21(19)15-39-3)29-23(33-26(37)7-8-27-40-9-10-41-27)6-5-18-16(2)22(32)12-24(34-30)28(18)29/h11-12,14,17,23,27H,4-10,13,15H2,1-3H3,(H,33,37). The maximum Gasteiger partial charge on any atom is 0.257 e. The van der Waals surface area contributed by atoms with E-state index in [1.165, 1.54) is 13.2 Å². The molecule has 4 heterocycles. The largest absolute Gasteiger partial charge is 0.380 e. The summed E-state index contributed by atoms with van der Waals surface area (Å²) in [7, 11) is 1.52. The average Bonchev–Trinajstić information content (AvgIpc) is 3.62. The van der Waals surface area contributed by atoms with Gasteiger partial charge in [0.05, 0.1) is 49.3 Å². The monoisotopic (exact) mass is 563 g/mol. The zero-order valence-electron chi connectivity index (χ0n) is 23.5. The molecule has 1 fully saturated rings. The molecule has 1 aromatic carbocycles. The van der Waals surface area contributed by atoms with Gasteiger partial charge in [-0.2, -0.15) is 0 Å². The number of pyridine rings is 2. The van der Waals surface area contributed by atoms with Crippen LogP contribution in [0.1, 0.15) is 77.9 Å². The quantitative estimate of drug-likeness (QED) is 0.307. The van der Waals surface area contributed by atoms with Gasteiger partial charge < -0.3 is 28.9 Å². The van der Waals surface area contributed by atoms with Gasteiger partial charge in [-0.1, -0.05) is 6.92 Å². The topological polar surface area (TPSA) is 109 Å². The van der Waals surface area contributed by atoms with Crippen LogP contribution in [0, 0.1) is 12.7 Å². The minimum Gasteiger partial charge on any atom is -0.380 e. The van der Waals surface area contributed by atoms with Crippen molar-refractivity contribution in [1.82, 2.24) is 14.9 Å². The van der Waals surface area contributed by atoms with Crippen molar-refractivity contribution in [3.8, 4) is 11.4 Å². The number of aryl methyl sites for hydroxylation is 1. The second-order valence-electron chi connectivity index (χ2n) is 11.0. The maximum atomic E-state index is 15.1. The Morgan fingerprint density at radius 3 is 2.78 bits per heavy atom. The molecule has 0 saturated carbocycles. The molecule has 2 aromatic heterocycles. The van der Waals surface area contributed by atoms with Crippen LogP contribution in [-0.4, -0.2) is 48.4 Å². The summed E-state index contributed by atoms with van der Waals surface area (Å²) < 4.78 is 33.0. The second-order valence-corrected chi connectivity index (χ2v) is 11.0. The highest BCUT2D eigenvalue weighted by atomic mass is 19.1. The van der Waals surface area contributed by atoms with Crippen LogP contribution in [0.4, 0.5) is 4.39 Å². The third-order valence-corrected chi connectivity index (χ3v) is 8.70. The van der Waals surface area contributed by atoms with Crippen LogP contribution in [-0.2, 0) is 43.4 Å². The molecule has 41 heavy (non-hydrogen) atoms. The van der Waals surface area contributed by atoms with E-state index in [-0.39, 0.29) is 49.2 Å². The number of halogens is 1. The maximum absolute atomic E-state index is 15.1. The number of benzene rings is 1. The first-order chi connectivity index (χ1) is 19.9. The SMILES string of the molecule is CCC(C=O)c1cc2n(c(=O)c1COC)Cc1c-2nc2cc(F)c(C)c3c2c1C(NC(=O)CCC1OCCO1)CC3. The van der Waals surface area contributed by atoms with Gasteiger partial charge in [0.15, 0.2) is 6.29 Å². The van der Waals surface area contributed by atoms with E-state index in [0.717, 1.165) is 28.4 Å². The summed E-state index contributed by atoms with van der Waals surface area (Å²) in [5.74, 6) is -0.916. The number of hydrogen-bond acceptors (Lipinski definition) is 7. The van der Waals surface area contributed by atoms with Gasteiger partial charge in [0.25, 0.3) is 5.56 Å². The van der Waals surface area contributed by atoms with Crippen LogP contribution in [0.2, 0.25) is 0 Å². The zero-order chi connectivity index (χ0) is 28.8. The van der Waals surface area contributed by atoms with Crippen LogP contribution < -0.4 is 10.9 Å². The van der Waals surface area contributed by atoms with E-state index < -0.39 is 5.92 Å². The number of nitrogens with one attached hydrogen (secondary N) is 1. The highest BCUT2D eigenvalue weighted by Gasteiger charge is 2.35. The van der Waals surface area contributed by atoms with E-state index in [0.29, 0.717) is 72.5 Å². The van der Waals surface area contributed by atoms with Crippen LogP contribution in [0.25, 0.3) is 22.3 Å². The van der Waals surface area contributed by atoms with Crippen molar-refractivity contribution in [2.45, 2.75) is 77.4 Å². The molecular weight excluding hydrogens is 529 g/mol. The lowest BCUT2D eigenvalue weighted by Crippen LogP contribution is -2.32. The summed E-state index contributed by atoms with van der Waals surface area (Å²) in [6.07, 6.45) is 2.93. The molecule has 9 nitrogen and oxygen atoms in total. The molecule has 0 radical (unpaired) electrons. The van der Waals surface area contributed by atoms with Crippen LogP contribution in [0.15, 0.2) is 16.9 Å². The lowest BCUT2D eigenvalue weighted by Gasteiger charge is -2.30. The third kappa shape index (κ3) is 4.67. The van der Waals surface area contributed by atoms with Gasteiger partial charge in [0.2, 0.25) is 5.91 Å². The minimum atomic E-state index is -0.465. The van der Waals surface area contributed by atoms with Crippen molar-refractivity contribution in [1.29, 1.82) is 0 Å². The number of hydrogen-bond donors (Lipinski definition) is 1. The normalized spacial score (nSPS) is 18.4. The van der Waals surface area contributed by atoms with Gasteiger partial charge in [-0.25, -0.2) is 9.37 Å². The van der Waals surface area contributed by atoms with E-state index >= 15 is 4.39 Å². The molecule has 3 aromatic rings. The number of ether oxygens (including phenoxy) is 3. The lowest BCUT2D eigenvalue weighted by molar-refractivity contribution is -0.124. The highest BCUT2D eigenvalue weighted by molar-refractivity contribution is 5.93. The van der Waals surface area contributed by atoms with Crippen LogP contribution >= 0.6 is 0 Å².